The molecule has 0 aliphatic carbocycles. The van der Waals surface area contributed by atoms with E-state index in [0.29, 0.717) is 5.15 Å². The summed E-state index contributed by atoms with van der Waals surface area (Å²) in [4.78, 5) is 8.30. The second-order valence-electron chi connectivity index (χ2n) is 4.58. The Kier molecular flexibility index (Phi) is 3.48. The molecular weight excluding hydrogens is 268 g/mol. The fraction of sp³-hybridized carbons (Fsp3) is 0.0588. The molecule has 0 radical (unpaired) electrons. The highest BCUT2D eigenvalue weighted by Gasteiger charge is 2.07. The van der Waals surface area contributed by atoms with E-state index in [1.54, 1.807) is 0 Å². The summed E-state index contributed by atoms with van der Waals surface area (Å²) in [6.45, 7) is 1.93. The molecule has 2 nitrogen and oxygen atoms in total. The van der Waals surface area contributed by atoms with Crippen LogP contribution in [0, 0.1) is 6.92 Å². The van der Waals surface area contributed by atoms with Crippen molar-refractivity contribution in [3.63, 3.8) is 0 Å². The summed E-state index contributed by atoms with van der Waals surface area (Å²) < 4.78 is 0. The van der Waals surface area contributed by atoms with Gasteiger partial charge in [-0.2, -0.15) is 0 Å². The Morgan fingerprint density at radius 3 is 2.05 bits per heavy atom. The van der Waals surface area contributed by atoms with Gasteiger partial charge in [0.15, 0.2) is 0 Å². The maximum atomic E-state index is 6.04. The molecule has 0 aliphatic rings. The normalized spacial score (nSPS) is 10.5. The van der Waals surface area contributed by atoms with Crippen LogP contribution in [0.3, 0.4) is 0 Å². The first-order valence-electron chi connectivity index (χ1n) is 6.38. The van der Waals surface area contributed by atoms with Crippen LogP contribution in [0.1, 0.15) is 5.56 Å². The van der Waals surface area contributed by atoms with E-state index in [2.05, 4.69) is 46.4 Å². The zero-order valence-corrected chi connectivity index (χ0v) is 11.8. The highest BCUT2D eigenvalue weighted by atomic mass is 35.5. The minimum absolute atomic E-state index is 0.502. The molecule has 2 aromatic carbocycles. The highest BCUT2D eigenvalue weighted by molar-refractivity contribution is 6.30. The first-order valence-corrected chi connectivity index (χ1v) is 6.76. The van der Waals surface area contributed by atoms with Gasteiger partial charge >= 0.3 is 0 Å². The van der Waals surface area contributed by atoms with Gasteiger partial charge in [-0.1, -0.05) is 66.2 Å². The molecule has 0 unspecified atom stereocenters. The first kappa shape index (κ1) is 12.8. The molecule has 0 spiro atoms. The highest BCUT2D eigenvalue weighted by Crippen LogP contribution is 2.27. The van der Waals surface area contributed by atoms with E-state index in [0.717, 1.165) is 16.8 Å². The second-order valence-corrected chi connectivity index (χ2v) is 4.94. The molecule has 0 fully saturated rings. The van der Waals surface area contributed by atoms with E-state index in [1.807, 2.05) is 25.1 Å². The number of rotatable bonds is 2. The van der Waals surface area contributed by atoms with Gasteiger partial charge in [0.2, 0.25) is 0 Å². The monoisotopic (exact) mass is 280 g/mol. The lowest BCUT2D eigenvalue weighted by Crippen LogP contribution is -1.91. The molecule has 1 aromatic heterocycles. The Morgan fingerprint density at radius 2 is 1.35 bits per heavy atom. The lowest BCUT2D eigenvalue weighted by Gasteiger charge is -2.07. The average Bonchev–Trinajstić information content (AvgIpc) is 2.51. The molecule has 0 amide bonds. The van der Waals surface area contributed by atoms with Crippen LogP contribution in [0.15, 0.2) is 60.9 Å². The van der Waals surface area contributed by atoms with Gasteiger partial charge in [0.1, 0.15) is 11.5 Å². The van der Waals surface area contributed by atoms with Gasteiger partial charge in [0, 0.05) is 11.1 Å². The van der Waals surface area contributed by atoms with E-state index in [9.17, 15) is 0 Å². The average molecular weight is 281 g/mol. The van der Waals surface area contributed by atoms with Gasteiger partial charge in [0.25, 0.3) is 0 Å². The van der Waals surface area contributed by atoms with E-state index < -0.39 is 0 Å². The van der Waals surface area contributed by atoms with Crippen molar-refractivity contribution in [1.29, 1.82) is 0 Å². The summed E-state index contributed by atoms with van der Waals surface area (Å²) in [5, 5.41) is 0.502. The molecular formula is C17H13ClN2. The third-order valence-electron chi connectivity index (χ3n) is 3.29. The third kappa shape index (κ3) is 2.43. The lowest BCUT2D eigenvalue weighted by molar-refractivity contribution is 1.13. The van der Waals surface area contributed by atoms with Crippen LogP contribution >= 0.6 is 11.6 Å². The summed E-state index contributed by atoms with van der Waals surface area (Å²) in [6.07, 6.45) is 1.50. The molecule has 3 heteroatoms. The van der Waals surface area contributed by atoms with Crippen LogP contribution in [0.5, 0.6) is 0 Å². The van der Waals surface area contributed by atoms with Crippen LogP contribution in [-0.4, -0.2) is 9.97 Å². The number of aromatic nitrogens is 2. The zero-order valence-electron chi connectivity index (χ0n) is 11.0. The van der Waals surface area contributed by atoms with Gasteiger partial charge in [-0.3, -0.25) is 0 Å². The lowest BCUT2D eigenvalue weighted by atomic mass is 10.0. The van der Waals surface area contributed by atoms with Crippen molar-refractivity contribution in [2.75, 3.05) is 0 Å². The fourth-order valence-electron chi connectivity index (χ4n) is 2.17. The Hall–Kier alpha value is -2.19. The molecule has 0 atom stereocenters. The maximum absolute atomic E-state index is 6.04. The summed E-state index contributed by atoms with van der Waals surface area (Å²) >= 11 is 6.04. The number of benzene rings is 2. The summed E-state index contributed by atoms with van der Waals surface area (Å²) in [5.74, 6) is 0. The van der Waals surface area contributed by atoms with E-state index >= 15 is 0 Å². The minimum atomic E-state index is 0.502. The van der Waals surface area contributed by atoms with Crippen LogP contribution < -0.4 is 0 Å². The Bertz CT molecular complexity index is 722. The fourth-order valence-corrected chi connectivity index (χ4v) is 2.30. The predicted octanol–water partition coefficient (Wildman–Crippen LogP) is 4.77. The van der Waals surface area contributed by atoms with Gasteiger partial charge in [0.05, 0.1) is 5.69 Å². The molecule has 98 valence electrons. The number of hydrogen-bond acceptors (Lipinski definition) is 2. The summed E-state index contributed by atoms with van der Waals surface area (Å²) in [6, 6.07) is 18.6. The van der Waals surface area contributed by atoms with Crippen LogP contribution in [-0.2, 0) is 0 Å². The second kappa shape index (κ2) is 5.43. The Balaban J connectivity index is 2.00. The van der Waals surface area contributed by atoms with Gasteiger partial charge in [-0.05, 0) is 18.1 Å². The van der Waals surface area contributed by atoms with Crippen LogP contribution in [0.25, 0.3) is 22.4 Å². The van der Waals surface area contributed by atoms with Crippen molar-refractivity contribution in [1.82, 2.24) is 9.97 Å². The molecule has 0 aliphatic heterocycles. The van der Waals surface area contributed by atoms with Crippen molar-refractivity contribution < 1.29 is 0 Å². The first-order chi connectivity index (χ1) is 9.75. The van der Waals surface area contributed by atoms with E-state index in [-0.39, 0.29) is 0 Å². The number of nitrogens with zero attached hydrogens (tertiary/aromatic N) is 2. The van der Waals surface area contributed by atoms with E-state index in [1.165, 1.54) is 17.5 Å². The quantitative estimate of drug-likeness (QED) is 0.632. The maximum Gasteiger partial charge on any atom is 0.135 e. The number of halogens is 1. The minimum Gasteiger partial charge on any atom is -0.236 e. The van der Waals surface area contributed by atoms with Gasteiger partial charge < -0.3 is 0 Å². The molecule has 3 aromatic rings. The van der Waals surface area contributed by atoms with Crippen molar-refractivity contribution in [3.05, 3.63) is 71.6 Å². The molecule has 20 heavy (non-hydrogen) atoms. The summed E-state index contributed by atoms with van der Waals surface area (Å²) in [7, 11) is 0. The number of hydrogen-bond donors (Lipinski definition) is 0. The topological polar surface area (TPSA) is 25.8 Å². The van der Waals surface area contributed by atoms with Gasteiger partial charge in [-0.25, -0.2) is 9.97 Å². The molecule has 0 saturated heterocycles. The molecule has 0 saturated carbocycles. The van der Waals surface area contributed by atoms with E-state index in [4.69, 9.17) is 11.6 Å². The van der Waals surface area contributed by atoms with Crippen molar-refractivity contribution in [2.45, 2.75) is 6.92 Å². The zero-order chi connectivity index (χ0) is 13.9. The SMILES string of the molecule is Cc1c(Cl)ncnc1-c1ccc(-c2ccccc2)cc1. The molecule has 0 bridgehead atoms. The Labute approximate surface area is 123 Å². The predicted molar refractivity (Wildman–Crippen MR) is 82.7 cm³/mol. The molecule has 0 N–H and O–H groups in total. The van der Waals surface area contributed by atoms with Crippen molar-refractivity contribution in [3.8, 4) is 22.4 Å². The van der Waals surface area contributed by atoms with Crippen LogP contribution in [0.2, 0.25) is 5.15 Å². The molecule has 3 rings (SSSR count). The summed E-state index contributed by atoms with van der Waals surface area (Å²) in [5.41, 5.74) is 5.22. The van der Waals surface area contributed by atoms with Crippen molar-refractivity contribution >= 4 is 11.6 Å². The van der Waals surface area contributed by atoms with Crippen LogP contribution in [0.4, 0.5) is 0 Å². The standard InChI is InChI=1S/C17H13ClN2/c1-12-16(19-11-20-17(12)18)15-9-7-14(8-10-15)13-5-3-2-4-6-13/h2-11H,1H3. The smallest absolute Gasteiger partial charge is 0.135 e. The van der Waals surface area contributed by atoms with Gasteiger partial charge in [-0.15, -0.1) is 0 Å². The van der Waals surface area contributed by atoms with Crippen molar-refractivity contribution in [2.24, 2.45) is 0 Å². The largest absolute Gasteiger partial charge is 0.236 e. The third-order valence-corrected chi connectivity index (χ3v) is 3.67. The molecule has 1 heterocycles. The Morgan fingerprint density at radius 1 is 0.750 bits per heavy atom.